The van der Waals surface area contributed by atoms with Crippen molar-refractivity contribution in [1.29, 1.82) is 0 Å². The van der Waals surface area contributed by atoms with E-state index in [0.717, 1.165) is 25.8 Å². The van der Waals surface area contributed by atoms with Gasteiger partial charge in [0, 0.05) is 25.6 Å². The zero-order valence-electron chi connectivity index (χ0n) is 13.1. The Morgan fingerprint density at radius 3 is 2.59 bits per heavy atom. The van der Waals surface area contributed by atoms with E-state index in [4.69, 9.17) is 11.6 Å². The van der Waals surface area contributed by atoms with Crippen LogP contribution in [0.5, 0.6) is 0 Å². The van der Waals surface area contributed by atoms with Gasteiger partial charge in [0.15, 0.2) is 0 Å². The molecule has 1 N–H and O–H groups in total. The van der Waals surface area contributed by atoms with E-state index >= 15 is 0 Å². The number of nitrogens with one attached hydrogen (secondary N) is 1. The average Bonchev–Trinajstić information content (AvgIpc) is 2.93. The molecule has 22 heavy (non-hydrogen) atoms. The predicted octanol–water partition coefficient (Wildman–Crippen LogP) is 3.42. The van der Waals surface area contributed by atoms with E-state index < -0.39 is 0 Å². The summed E-state index contributed by atoms with van der Waals surface area (Å²) in [4.78, 5) is 26.9. The van der Waals surface area contributed by atoms with Crippen LogP contribution in [-0.2, 0) is 4.79 Å². The topological polar surface area (TPSA) is 49.4 Å². The number of amides is 2. The number of halogens is 1. The molecule has 2 amide bonds. The lowest BCUT2D eigenvalue weighted by Gasteiger charge is -2.31. The van der Waals surface area contributed by atoms with Gasteiger partial charge in [0.25, 0.3) is 5.91 Å². The van der Waals surface area contributed by atoms with Crippen molar-refractivity contribution in [2.45, 2.75) is 33.1 Å². The van der Waals surface area contributed by atoms with Crippen molar-refractivity contribution in [3.8, 4) is 0 Å². The van der Waals surface area contributed by atoms with Gasteiger partial charge in [-0.1, -0.05) is 25.4 Å². The van der Waals surface area contributed by atoms with Gasteiger partial charge in [-0.2, -0.15) is 0 Å². The number of carbonyl (C=O) groups is 2. The first-order valence-electron chi connectivity index (χ1n) is 7.79. The number of hydrogen-bond acceptors (Lipinski definition) is 3. The van der Waals surface area contributed by atoms with Crippen molar-refractivity contribution < 1.29 is 9.59 Å². The SMILES string of the molecule is CC(C)CCNC(=O)C1CCN(C(=O)c2ccc(Cl)s2)CC1. The van der Waals surface area contributed by atoms with Crippen LogP contribution < -0.4 is 5.32 Å². The van der Waals surface area contributed by atoms with E-state index in [1.807, 2.05) is 4.90 Å². The van der Waals surface area contributed by atoms with E-state index in [1.54, 1.807) is 12.1 Å². The zero-order chi connectivity index (χ0) is 16.1. The first kappa shape index (κ1) is 17.3. The maximum absolute atomic E-state index is 12.3. The molecular formula is C16H23ClN2O2S. The van der Waals surface area contributed by atoms with Gasteiger partial charge in [-0.25, -0.2) is 0 Å². The van der Waals surface area contributed by atoms with E-state index in [9.17, 15) is 9.59 Å². The second-order valence-electron chi connectivity index (χ2n) is 6.14. The molecule has 2 rings (SSSR count). The summed E-state index contributed by atoms with van der Waals surface area (Å²) in [5.41, 5.74) is 0. The van der Waals surface area contributed by atoms with Gasteiger partial charge in [0.05, 0.1) is 9.21 Å². The maximum Gasteiger partial charge on any atom is 0.263 e. The van der Waals surface area contributed by atoms with Crippen molar-refractivity contribution in [2.75, 3.05) is 19.6 Å². The van der Waals surface area contributed by atoms with Crippen LogP contribution in [0.1, 0.15) is 42.8 Å². The van der Waals surface area contributed by atoms with Gasteiger partial charge in [-0.05, 0) is 37.3 Å². The number of carbonyl (C=O) groups excluding carboxylic acids is 2. The molecule has 1 aromatic heterocycles. The highest BCUT2D eigenvalue weighted by molar-refractivity contribution is 7.17. The molecule has 2 heterocycles. The lowest BCUT2D eigenvalue weighted by atomic mass is 9.95. The number of likely N-dealkylation sites (tertiary alicyclic amines) is 1. The number of thiophene rings is 1. The van der Waals surface area contributed by atoms with E-state index in [-0.39, 0.29) is 17.7 Å². The molecule has 6 heteroatoms. The molecule has 0 aliphatic carbocycles. The number of rotatable bonds is 5. The van der Waals surface area contributed by atoms with Crippen LogP contribution in [0.15, 0.2) is 12.1 Å². The highest BCUT2D eigenvalue weighted by Crippen LogP contribution is 2.25. The minimum absolute atomic E-state index is 0.0237. The summed E-state index contributed by atoms with van der Waals surface area (Å²) in [6, 6.07) is 3.51. The Morgan fingerprint density at radius 1 is 1.36 bits per heavy atom. The smallest absolute Gasteiger partial charge is 0.263 e. The van der Waals surface area contributed by atoms with Crippen molar-refractivity contribution in [3.63, 3.8) is 0 Å². The fourth-order valence-electron chi connectivity index (χ4n) is 2.56. The Balaban J connectivity index is 1.77. The summed E-state index contributed by atoms with van der Waals surface area (Å²) in [5, 5.41) is 3.01. The lowest BCUT2D eigenvalue weighted by molar-refractivity contribution is -0.126. The lowest BCUT2D eigenvalue weighted by Crippen LogP contribution is -2.43. The van der Waals surface area contributed by atoms with Crippen LogP contribution in [-0.4, -0.2) is 36.3 Å². The second kappa shape index (κ2) is 7.97. The molecule has 0 radical (unpaired) electrons. The quantitative estimate of drug-likeness (QED) is 0.891. The normalized spacial score (nSPS) is 16.1. The van der Waals surface area contributed by atoms with Crippen molar-refractivity contribution in [1.82, 2.24) is 10.2 Å². The van der Waals surface area contributed by atoms with Gasteiger partial charge in [-0.3, -0.25) is 9.59 Å². The van der Waals surface area contributed by atoms with Crippen molar-refractivity contribution >= 4 is 34.8 Å². The number of nitrogens with zero attached hydrogens (tertiary/aromatic N) is 1. The third kappa shape index (κ3) is 4.71. The third-order valence-corrected chi connectivity index (χ3v) is 5.18. The predicted molar refractivity (Wildman–Crippen MR) is 90.4 cm³/mol. The fraction of sp³-hybridized carbons (Fsp3) is 0.625. The highest BCUT2D eigenvalue weighted by Gasteiger charge is 2.28. The summed E-state index contributed by atoms with van der Waals surface area (Å²) < 4.78 is 0.628. The average molecular weight is 343 g/mol. The van der Waals surface area contributed by atoms with E-state index in [1.165, 1.54) is 11.3 Å². The van der Waals surface area contributed by atoms with Crippen molar-refractivity contribution in [3.05, 3.63) is 21.3 Å². The van der Waals surface area contributed by atoms with Crippen LogP contribution in [0, 0.1) is 11.8 Å². The molecule has 4 nitrogen and oxygen atoms in total. The van der Waals surface area contributed by atoms with E-state index in [0.29, 0.717) is 28.2 Å². The minimum atomic E-state index is 0.0237. The largest absolute Gasteiger partial charge is 0.356 e. The summed E-state index contributed by atoms with van der Waals surface area (Å²) in [5.74, 6) is 0.781. The molecule has 1 aromatic rings. The summed E-state index contributed by atoms with van der Waals surface area (Å²) in [6.07, 6.45) is 2.47. The van der Waals surface area contributed by atoms with Crippen LogP contribution in [0.25, 0.3) is 0 Å². The standard InChI is InChI=1S/C16H23ClN2O2S/c1-11(2)5-8-18-15(20)12-6-9-19(10-7-12)16(21)13-3-4-14(17)22-13/h3-4,11-12H,5-10H2,1-2H3,(H,18,20). The molecule has 1 aliphatic heterocycles. The molecule has 1 aliphatic rings. The maximum atomic E-state index is 12.3. The molecule has 0 atom stereocenters. The Kier molecular flexibility index (Phi) is 6.26. The van der Waals surface area contributed by atoms with Crippen LogP contribution in [0.3, 0.4) is 0 Å². The number of hydrogen-bond donors (Lipinski definition) is 1. The first-order chi connectivity index (χ1) is 10.5. The monoisotopic (exact) mass is 342 g/mol. The van der Waals surface area contributed by atoms with Crippen molar-refractivity contribution in [2.24, 2.45) is 11.8 Å². The second-order valence-corrected chi connectivity index (χ2v) is 7.86. The molecule has 0 aromatic carbocycles. The molecule has 0 unspecified atom stereocenters. The third-order valence-electron chi connectivity index (χ3n) is 3.96. The number of piperidine rings is 1. The van der Waals surface area contributed by atoms with Gasteiger partial charge in [0.2, 0.25) is 5.91 Å². The molecule has 0 spiro atoms. The summed E-state index contributed by atoms with van der Waals surface area (Å²) >= 11 is 7.18. The highest BCUT2D eigenvalue weighted by atomic mass is 35.5. The molecule has 1 fully saturated rings. The molecule has 1 saturated heterocycles. The zero-order valence-corrected chi connectivity index (χ0v) is 14.7. The first-order valence-corrected chi connectivity index (χ1v) is 8.99. The fourth-order valence-corrected chi connectivity index (χ4v) is 3.57. The van der Waals surface area contributed by atoms with E-state index in [2.05, 4.69) is 19.2 Å². The minimum Gasteiger partial charge on any atom is -0.356 e. The Labute approximate surface area is 140 Å². The Morgan fingerprint density at radius 2 is 2.05 bits per heavy atom. The van der Waals surface area contributed by atoms with Gasteiger partial charge >= 0.3 is 0 Å². The Hall–Kier alpha value is -1.07. The molecular weight excluding hydrogens is 320 g/mol. The van der Waals surface area contributed by atoms with Crippen LogP contribution in [0.4, 0.5) is 0 Å². The summed E-state index contributed by atoms with van der Waals surface area (Å²) in [7, 11) is 0. The van der Waals surface area contributed by atoms with Gasteiger partial charge in [-0.15, -0.1) is 11.3 Å². The van der Waals surface area contributed by atoms with Gasteiger partial charge in [0.1, 0.15) is 0 Å². The van der Waals surface area contributed by atoms with Gasteiger partial charge < -0.3 is 10.2 Å². The van der Waals surface area contributed by atoms with Crippen LogP contribution in [0.2, 0.25) is 4.34 Å². The van der Waals surface area contributed by atoms with Crippen LogP contribution >= 0.6 is 22.9 Å². The molecule has 0 bridgehead atoms. The summed E-state index contributed by atoms with van der Waals surface area (Å²) in [6.45, 7) is 6.30. The molecule has 0 saturated carbocycles. The Bertz CT molecular complexity index is 522. The molecule has 122 valence electrons.